The van der Waals surface area contributed by atoms with Gasteiger partial charge < -0.3 is 0 Å². The van der Waals surface area contributed by atoms with Gasteiger partial charge in [-0.15, -0.1) is 11.3 Å². The maximum atomic E-state index is 8.73. The van der Waals surface area contributed by atoms with Crippen molar-refractivity contribution in [1.29, 1.82) is 5.26 Å². The van der Waals surface area contributed by atoms with Crippen LogP contribution in [0.25, 0.3) is 0 Å². The Morgan fingerprint density at radius 3 is 2.94 bits per heavy atom. The van der Waals surface area contributed by atoms with Gasteiger partial charge in [-0.05, 0) is 30.7 Å². The first-order chi connectivity index (χ1) is 8.86. The van der Waals surface area contributed by atoms with Gasteiger partial charge in [-0.2, -0.15) is 5.26 Å². The number of fused-ring (bicyclic) bond motifs is 1. The van der Waals surface area contributed by atoms with Gasteiger partial charge in [0.25, 0.3) is 0 Å². The van der Waals surface area contributed by atoms with Crippen LogP contribution in [0.15, 0.2) is 30.3 Å². The molecule has 18 heavy (non-hydrogen) atoms. The number of hydrogen-bond donors (Lipinski definition) is 0. The zero-order valence-electron chi connectivity index (χ0n) is 10.1. The minimum Gasteiger partial charge on any atom is -0.245 e. The molecular weight excluding hydrogens is 240 g/mol. The van der Waals surface area contributed by atoms with Crippen molar-refractivity contribution >= 4 is 11.3 Å². The van der Waals surface area contributed by atoms with E-state index in [1.54, 1.807) is 11.3 Å². The molecule has 0 N–H and O–H groups in total. The molecule has 1 aromatic heterocycles. The van der Waals surface area contributed by atoms with E-state index >= 15 is 0 Å². The molecule has 1 unspecified atom stereocenters. The first-order valence-electron chi connectivity index (χ1n) is 6.26. The van der Waals surface area contributed by atoms with Crippen molar-refractivity contribution in [2.45, 2.75) is 31.6 Å². The van der Waals surface area contributed by atoms with Gasteiger partial charge in [0.05, 0.1) is 18.2 Å². The van der Waals surface area contributed by atoms with Crippen molar-refractivity contribution < 1.29 is 0 Å². The topological polar surface area (TPSA) is 36.7 Å². The van der Waals surface area contributed by atoms with E-state index in [1.165, 1.54) is 22.6 Å². The van der Waals surface area contributed by atoms with Gasteiger partial charge in [-0.25, -0.2) is 4.98 Å². The minimum absolute atomic E-state index is 0.452. The predicted octanol–water partition coefficient (Wildman–Crippen LogP) is 3.48. The average molecular weight is 254 g/mol. The predicted molar refractivity (Wildman–Crippen MR) is 72.6 cm³/mol. The highest BCUT2D eigenvalue weighted by atomic mass is 32.1. The van der Waals surface area contributed by atoms with Gasteiger partial charge in [0, 0.05) is 4.88 Å². The lowest BCUT2D eigenvalue weighted by molar-refractivity contribution is 0.584. The molecule has 0 radical (unpaired) electrons. The number of hydrogen-bond acceptors (Lipinski definition) is 3. The molecule has 1 atom stereocenters. The van der Waals surface area contributed by atoms with E-state index in [1.807, 2.05) is 0 Å². The van der Waals surface area contributed by atoms with E-state index in [2.05, 4.69) is 41.4 Å². The van der Waals surface area contributed by atoms with E-state index in [9.17, 15) is 0 Å². The van der Waals surface area contributed by atoms with Crippen molar-refractivity contribution in [3.63, 3.8) is 0 Å². The Labute approximate surface area is 111 Å². The Hall–Kier alpha value is -1.66. The van der Waals surface area contributed by atoms with E-state index < -0.39 is 0 Å². The Balaban J connectivity index is 1.83. The van der Waals surface area contributed by atoms with Gasteiger partial charge in [-0.1, -0.05) is 30.3 Å². The molecule has 2 aromatic rings. The first kappa shape index (κ1) is 11.4. The molecule has 1 aromatic carbocycles. The number of nitrogens with zero attached hydrogens (tertiary/aromatic N) is 2. The lowest BCUT2D eigenvalue weighted by Crippen LogP contribution is -2.11. The molecule has 0 amide bonds. The molecule has 0 saturated carbocycles. The molecule has 90 valence electrons. The van der Waals surface area contributed by atoms with Crippen molar-refractivity contribution in [1.82, 2.24) is 4.98 Å². The second kappa shape index (κ2) is 4.91. The molecule has 0 aliphatic heterocycles. The van der Waals surface area contributed by atoms with Crippen molar-refractivity contribution in [3.8, 4) is 6.07 Å². The Morgan fingerprint density at radius 2 is 2.17 bits per heavy atom. The van der Waals surface area contributed by atoms with Gasteiger partial charge in [0.2, 0.25) is 0 Å². The molecule has 0 spiro atoms. The summed E-state index contributed by atoms with van der Waals surface area (Å²) in [4.78, 5) is 5.95. The van der Waals surface area contributed by atoms with Crippen LogP contribution in [0.2, 0.25) is 0 Å². The number of aromatic nitrogens is 1. The van der Waals surface area contributed by atoms with E-state index in [4.69, 9.17) is 5.26 Å². The van der Waals surface area contributed by atoms with Gasteiger partial charge >= 0.3 is 0 Å². The number of aryl methyl sites for hydroxylation is 1. The summed E-state index contributed by atoms with van der Waals surface area (Å²) in [5.41, 5.74) is 2.66. The summed E-state index contributed by atoms with van der Waals surface area (Å²) in [5.74, 6) is 0.620. The Morgan fingerprint density at radius 1 is 1.33 bits per heavy atom. The summed E-state index contributed by atoms with van der Waals surface area (Å²) in [7, 11) is 0. The van der Waals surface area contributed by atoms with Crippen molar-refractivity contribution in [3.05, 3.63) is 51.5 Å². The fraction of sp³-hybridized carbons (Fsp3) is 0.333. The van der Waals surface area contributed by atoms with Gasteiger partial charge in [0.15, 0.2) is 0 Å². The number of thiazole rings is 1. The molecule has 1 heterocycles. The summed E-state index contributed by atoms with van der Waals surface area (Å²) < 4.78 is 0. The molecular formula is C15H14N2S. The maximum Gasteiger partial charge on any atom is 0.107 e. The van der Waals surface area contributed by atoms with Crippen LogP contribution in [0.1, 0.15) is 33.5 Å². The minimum atomic E-state index is 0.452. The van der Waals surface area contributed by atoms with Crippen molar-refractivity contribution in [2.75, 3.05) is 0 Å². The maximum absolute atomic E-state index is 8.73. The van der Waals surface area contributed by atoms with E-state index in [-0.39, 0.29) is 0 Å². The highest BCUT2D eigenvalue weighted by molar-refractivity contribution is 7.11. The fourth-order valence-electron chi connectivity index (χ4n) is 2.58. The highest BCUT2D eigenvalue weighted by Gasteiger charge is 2.23. The zero-order valence-corrected chi connectivity index (χ0v) is 10.9. The van der Waals surface area contributed by atoms with Crippen LogP contribution < -0.4 is 0 Å². The number of rotatable bonds is 2. The van der Waals surface area contributed by atoms with E-state index in [0.29, 0.717) is 12.3 Å². The molecule has 0 saturated heterocycles. The van der Waals surface area contributed by atoms with Crippen LogP contribution in [0.5, 0.6) is 0 Å². The first-order valence-corrected chi connectivity index (χ1v) is 7.08. The third kappa shape index (κ3) is 2.16. The molecule has 3 heteroatoms. The molecule has 0 fully saturated rings. The molecule has 1 aliphatic rings. The highest BCUT2D eigenvalue weighted by Crippen LogP contribution is 2.35. The Bertz CT molecular complexity index is 580. The standard InChI is InChI=1S/C15H14N2S/c16-9-8-15-17-13-7-6-12(10-14(13)18-15)11-4-2-1-3-5-11/h1-5,12H,6-8,10H2. The van der Waals surface area contributed by atoms with Crippen LogP contribution in [-0.4, -0.2) is 4.98 Å². The third-order valence-corrected chi connectivity index (χ3v) is 4.61. The molecule has 2 nitrogen and oxygen atoms in total. The van der Waals surface area contributed by atoms with Crippen LogP contribution in [0, 0.1) is 11.3 Å². The second-order valence-electron chi connectivity index (χ2n) is 4.66. The molecule has 1 aliphatic carbocycles. The van der Waals surface area contributed by atoms with Gasteiger partial charge in [-0.3, -0.25) is 0 Å². The lowest BCUT2D eigenvalue weighted by atomic mass is 9.85. The summed E-state index contributed by atoms with van der Waals surface area (Å²) in [6, 6.07) is 12.9. The molecule has 0 bridgehead atoms. The third-order valence-electron chi connectivity index (χ3n) is 3.49. The number of benzene rings is 1. The van der Waals surface area contributed by atoms with Crippen LogP contribution in [0.4, 0.5) is 0 Å². The zero-order chi connectivity index (χ0) is 12.4. The van der Waals surface area contributed by atoms with Crippen LogP contribution in [0.3, 0.4) is 0 Å². The number of nitriles is 1. The second-order valence-corrected chi connectivity index (χ2v) is 5.83. The summed E-state index contributed by atoms with van der Waals surface area (Å²) in [6.07, 6.45) is 3.76. The quantitative estimate of drug-likeness (QED) is 0.822. The summed E-state index contributed by atoms with van der Waals surface area (Å²) >= 11 is 1.72. The fourth-order valence-corrected chi connectivity index (χ4v) is 3.71. The monoisotopic (exact) mass is 254 g/mol. The average Bonchev–Trinajstić information content (AvgIpc) is 2.81. The summed E-state index contributed by atoms with van der Waals surface area (Å²) in [6.45, 7) is 0. The van der Waals surface area contributed by atoms with Crippen molar-refractivity contribution in [2.24, 2.45) is 0 Å². The normalized spacial score (nSPS) is 18.1. The lowest BCUT2D eigenvalue weighted by Gasteiger charge is -2.21. The van der Waals surface area contributed by atoms with Crippen LogP contribution >= 0.6 is 11.3 Å². The van der Waals surface area contributed by atoms with E-state index in [0.717, 1.165) is 17.8 Å². The van der Waals surface area contributed by atoms with Gasteiger partial charge in [0.1, 0.15) is 5.01 Å². The Kier molecular flexibility index (Phi) is 3.12. The molecule has 3 rings (SSSR count). The smallest absolute Gasteiger partial charge is 0.107 e. The summed E-state index contributed by atoms with van der Waals surface area (Å²) in [5, 5.41) is 9.71. The SMILES string of the molecule is N#CCc1nc2c(s1)CC(c1ccccc1)CC2. The largest absolute Gasteiger partial charge is 0.245 e. The van der Waals surface area contributed by atoms with Crippen LogP contribution in [-0.2, 0) is 19.3 Å².